The number of nitrogens with zero attached hydrogens (tertiary/aromatic N) is 1. The van der Waals surface area contributed by atoms with E-state index in [0.29, 0.717) is 16.9 Å². The molecule has 0 fully saturated rings. The molecule has 0 spiro atoms. The molecule has 2 rings (SSSR count). The second-order valence-corrected chi connectivity index (χ2v) is 7.32. The van der Waals surface area contributed by atoms with Gasteiger partial charge in [-0.25, -0.2) is 8.42 Å². The Balaban J connectivity index is 2.49. The Morgan fingerprint density at radius 2 is 1.95 bits per heavy atom. The van der Waals surface area contributed by atoms with Gasteiger partial charge in [-0.15, -0.1) is 0 Å². The number of nitriles is 1. The zero-order valence-electron chi connectivity index (χ0n) is 11.1. The minimum Gasteiger partial charge on any atom is -0.396 e. The quantitative estimate of drug-likeness (QED) is 0.814. The fourth-order valence-corrected chi connectivity index (χ4v) is 3.04. The molecule has 0 unspecified atom stereocenters. The fraction of sp³-hybridized carbons (Fsp3) is 0.0714. The molecule has 0 amide bonds. The number of rotatable bonds is 3. The van der Waals surface area contributed by atoms with Gasteiger partial charge in [0.1, 0.15) is 6.07 Å². The standard InChI is InChI=1S/C14H12BrN3O2S/c1-21(19,20)13-4-2-3-12(14(13)17)18-11-6-5-10(15)7-9(11)8-16/h2-7,18H,17H2,1H3. The first kappa shape index (κ1) is 15.4. The zero-order chi connectivity index (χ0) is 15.6. The van der Waals surface area contributed by atoms with E-state index in [-0.39, 0.29) is 10.6 Å². The molecule has 0 aliphatic carbocycles. The number of hydrogen-bond donors (Lipinski definition) is 2. The van der Waals surface area contributed by atoms with E-state index in [9.17, 15) is 8.42 Å². The van der Waals surface area contributed by atoms with Crippen LogP contribution < -0.4 is 11.1 Å². The largest absolute Gasteiger partial charge is 0.396 e. The van der Waals surface area contributed by atoms with Gasteiger partial charge in [0.2, 0.25) is 0 Å². The first-order chi connectivity index (χ1) is 9.82. The van der Waals surface area contributed by atoms with Crippen LogP contribution in [0.15, 0.2) is 45.8 Å². The summed E-state index contributed by atoms with van der Waals surface area (Å²) in [6.07, 6.45) is 1.10. The second-order valence-electron chi connectivity index (χ2n) is 4.42. The predicted molar refractivity (Wildman–Crippen MR) is 86.1 cm³/mol. The monoisotopic (exact) mass is 365 g/mol. The van der Waals surface area contributed by atoms with Crippen LogP contribution in [0.2, 0.25) is 0 Å². The second kappa shape index (κ2) is 5.76. The number of nitrogens with two attached hydrogens (primary N) is 1. The summed E-state index contributed by atoms with van der Waals surface area (Å²) in [5.74, 6) is 0. The van der Waals surface area contributed by atoms with Crippen molar-refractivity contribution in [3.8, 4) is 6.07 Å². The smallest absolute Gasteiger partial charge is 0.177 e. The SMILES string of the molecule is CS(=O)(=O)c1cccc(Nc2ccc(Br)cc2C#N)c1N. The lowest BCUT2D eigenvalue weighted by Crippen LogP contribution is -2.05. The van der Waals surface area contributed by atoms with Crippen LogP contribution in [-0.4, -0.2) is 14.7 Å². The van der Waals surface area contributed by atoms with E-state index < -0.39 is 9.84 Å². The number of benzene rings is 2. The highest BCUT2D eigenvalue weighted by Crippen LogP contribution is 2.31. The fourth-order valence-electron chi connectivity index (χ4n) is 1.84. The van der Waals surface area contributed by atoms with Crippen molar-refractivity contribution in [2.45, 2.75) is 4.90 Å². The lowest BCUT2D eigenvalue weighted by Gasteiger charge is -2.13. The predicted octanol–water partition coefficient (Wildman–Crippen LogP) is 3.05. The van der Waals surface area contributed by atoms with Crippen LogP contribution in [0.1, 0.15) is 5.56 Å². The molecule has 0 radical (unpaired) electrons. The maximum Gasteiger partial charge on any atom is 0.177 e. The molecule has 0 aliphatic heterocycles. The highest BCUT2D eigenvalue weighted by atomic mass is 79.9. The third kappa shape index (κ3) is 3.35. The number of para-hydroxylation sites is 1. The summed E-state index contributed by atoms with van der Waals surface area (Å²) in [6, 6.07) is 11.9. The molecule has 108 valence electrons. The highest BCUT2D eigenvalue weighted by molar-refractivity contribution is 9.10. The lowest BCUT2D eigenvalue weighted by molar-refractivity contribution is 0.602. The van der Waals surface area contributed by atoms with Crippen LogP contribution in [0.3, 0.4) is 0 Å². The summed E-state index contributed by atoms with van der Waals surface area (Å²) in [5.41, 5.74) is 7.46. The van der Waals surface area contributed by atoms with Crippen LogP contribution in [0.4, 0.5) is 17.1 Å². The molecule has 2 aromatic rings. The first-order valence-corrected chi connectivity index (χ1v) is 8.56. The summed E-state index contributed by atoms with van der Waals surface area (Å²) in [7, 11) is -3.41. The first-order valence-electron chi connectivity index (χ1n) is 5.88. The number of nitrogen functional groups attached to an aromatic ring is 1. The van der Waals surface area contributed by atoms with Gasteiger partial charge in [-0.2, -0.15) is 5.26 Å². The van der Waals surface area contributed by atoms with Crippen molar-refractivity contribution < 1.29 is 8.42 Å². The van der Waals surface area contributed by atoms with Crippen LogP contribution >= 0.6 is 15.9 Å². The maximum absolute atomic E-state index is 11.7. The van der Waals surface area contributed by atoms with Crippen LogP contribution in [0.25, 0.3) is 0 Å². The van der Waals surface area contributed by atoms with Crippen LogP contribution in [0, 0.1) is 11.3 Å². The highest BCUT2D eigenvalue weighted by Gasteiger charge is 2.14. The third-order valence-electron chi connectivity index (χ3n) is 2.84. The summed E-state index contributed by atoms with van der Waals surface area (Å²) in [6.45, 7) is 0. The van der Waals surface area contributed by atoms with E-state index in [1.54, 1.807) is 30.3 Å². The van der Waals surface area contributed by atoms with Crippen molar-refractivity contribution >= 4 is 42.8 Å². The maximum atomic E-state index is 11.7. The van der Waals surface area contributed by atoms with Gasteiger partial charge in [-0.05, 0) is 30.3 Å². The molecule has 0 saturated heterocycles. The molecule has 5 nitrogen and oxygen atoms in total. The zero-order valence-corrected chi connectivity index (χ0v) is 13.5. The number of halogens is 1. The normalized spacial score (nSPS) is 10.9. The Morgan fingerprint density at radius 1 is 1.24 bits per heavy atom. The molecule has 3 N–H and O–H groups in total. The summed E-state index contributed by atoms with van der Waals surface area (Å²) in [5, 5.41) is 12.1. The molecule has 0 atom stereocenters. The molecular formula is C14H12BrN3O2S. The lowest BCUT2D eigenvalue weighted by atomic mass is 10.2. The van der Waals surface area contributed by atoms with E-state index in [1.165, 1.54) is 6.07 Å². The molecule has 0 aliphatic rings. The minimum absolute atomic E-state index is 0.0584. The molecule has 7 heteroatoms. The van der Waals surface area contributed by atoms with E-state index in [4.69, 9.17) is 11.0 Å². The van der Waals surface area contributed by atoms with Gasteiger partial charge >= 0.3 is 0 Å². The number of nitrogens with one attached hydrogen (secondary N) is 1. The molecular weight excluding hydrogens is 354 g/mol. The van der Waals surface area contributed by atoms with E-state index in [2.05, 4.69) is 27.3 Å². The average molecular weight is 366 g/mol. The molecule has 0 bridgehead atoms. The van der Waals surface area contributed by atoms with Crippen molar-refractivity contribution in [2.24, 2.45) is 0 Å². The van der Waals surface area contributed by atoms with Crippen molar-refractivity contribution in [1.29, 1.82) is 5.26 Å². The van der Waals surface area contributed by atoms with Crippen molar-refractivity contribution in [3.63, 3.8) is 0 Å². The third-order valence-corrected chi connectivity index (χ3v) is 4.49. The van der Waals surface area contributed by atoms with Gasteiger partial charge in [0.25, 0.3) is 0 Å². The van der Waals surface area contributed by atoms with Crippen LogP contribution in [-0.2, 0) is 9.84 Å². The van der Waals surface area contributed by atoms with Crippen LogP contribution in [0.5, 0.6) is 0 Å². The molecule has 2 aromatic carbocycles. The van der Waals surface area contributed by atoms with E-state index in [1.807, 2.05) is 0 Å². The summed E-state index contributed by atoms with van der Waals surface area (Å²) < 4.78 is 24.1. The van der Waals surface area contributed by atoms with E-state index in [0.717, 1.165) is 10.7 Å². The van der Waals surface area contributed by atoms with Gasteiger partial charge in [0.15, 0.2) is 9.84 Å². The Morgan fingerprint density at radius 3 is 2.57 bits per heavy atom. The molecule has 0 heterocycles. The number of anilines is 3. The average Bonchev–Trinajstić information content (AvgIpc) is 2.41. The van der Waals surface area contributed by atoms with Gasteiger partial charge in [0.05, 0.1) is 27.5 Å². The Kier molecular flexibility index (Phi) is 4.21. The molecule has 0 saturated carbocycles. The Hall–Kier alpha value is -2.04. The summed E-state index contributed by atoms with van der Waals surface area (Å²) in [4.78, 5) is 0.0584. The van der Waals surface area contributed by atoms with Gasteiger partial charge in [0, 0.05) is 10.7 Å². The van der Waals surface area contributed by atoms with Gasteiger partial charge in [-0.1, -0.05) is 22.0 Å². The molecule has 0 aromatic heterocycles. The van der Waals surface area contributed by atoms with Crippen molar-refractivity contribution in [1.82, 2.24) is 0 Å². The summed E-state index contributed by atoms with van der Waals surface area (Å²) >= 11 is 3.29. The van der Waals surface area contributed by atoms with E-state index >= 15 is 0 Å². The Bertz CT molecular complexity index is 842. The van der Waals surface area contributed by atoms with Crippen molar-refractivity contribution in [3.05, 3.63) is 46.4 Å². The topological polar surface area (TPSA) is 96.0 Å². The van der Waals surface area contributed by atoms with Gasteiger partial charge in [-0.3, -0.25) is 0 Å². The Labute approximate surface area is 131 Å². The van der Waals surface area contributed by atoms with Gasteiger partial charge < -0.3 is 11.1 Å². The number of hydrogen-bond acceptors (Lipinski definition) is 5. The number of sulfone groups is 1. The van der Waals surface area contributed by atoms with Crippen molar-refractivity contribution in [2.75, 3.05) is 17.3 Å². The minimum atomic E-state index is -3.41. The molecule has 21 heavy (non-hydrogen) atoms.